The number of carboxylic acid groups (broad SMARTS) is 2. The molecule has 0 aliphatic heterocycles. The van der Waals surface area contributed by atoms with E-state index in [0.29, 0.717) is 5.69 Å². The van der Waals surface area contributed by atoms with Crippen LogP contribution in [0.2, 0.25) is 5.28 Å². The van der Waals surface area contributed by atoms with Gasteiger partial charge in [-0.2, -0.15) is 28.5 Å². The number of halogens is 1. The topological polar surface area (TPSA) is 237 Å². The number of anilines is 4. The predicted octanol–water partition coefficient (Wildman–Crippen LogP) is 7.70. The molecule has 0 unspecified atom stereocenters. The number of benzene rings is 5. The average molecular weight is 714 g/mol. The molecule has 1 aromatic heterocycles. The molecule has 0 amide bonds. The molecule has 0 saturated carbocycles. The van der Waals surface area contributed by atoms with Crippen LogP contribution in [0.5, 0.6) is 5.75 Å². The lowest BCUT2D eigenvalue weighted by molar-refractivity contribution is 0.0685. The van der Waals surface area contributed by atoms with Gasteiger partial charge in [0.25, 0.3) is 10.1 Å². The minimum Gasteiger partial charge on any atom is -0.505 e. The van der Waals surface area contributed by atoms with Gasteiger partial charge in [-0.3, -0.25) is 4.55 Å². The van der Waals surface area contributed by atoms with Crippen LogP contribution in [-0.4, -0.2) is 55.2 Å². The van der Waals surface area contributed by atoms with Crippen LogP contribution in [-0.2, 0) is 10.1 Å². The van der Waals surface area contributed by atoms with Crippen molar-refractivity contribution in [3.63, 3.8) is 0 Å². The lowest BCUT2D eigenvalue weighted by Crippen LogP contribution is -2.05. The second kappa shape index (κ2) is 13.0. The molecule has 0 bridgehead atoms. The Balaban J connectivity index is 1.37. The number of azo groups is 1. The van der Waals surface area contributed by atoms with Crippen molar-refractivity contribution >= 4 is 89.8 Å². The highest BCUT2D eigenvalue weighted by atomic mass is 35.5. The van der Waals surface area contributed by atoms with Gasteiger partial charge >= 0.3 is 11.9 Å². The van der Waals surface area contributed by atoms with Gasteiger partial charge in [0.05, 0.1) is 16.1 Å². The molecular formula is C33H24ClN7O8S. The number of aromatic nitrogens is 3. The Morgan fingerprint density at radius 1 is 0.780 bits per heavy atom. The molecule has 0 spiro atoms. The summed E-state index contributed by atoms with van der Waals surface area (Å²) in [5, 5.41) is 45.8. The molecule has 0 radical (unpaired) electrons. The maximum Gasteiger partial charge on any atom is 0.339 e. The lowest BCUT2D eigenvalue weighted by atomic mass is 10.0. The molecule has 0 aliphatic carbocycles. The number of hydrogen-bond acceptors (Lipinski definition) is 12. The SMILES string of the molecule is Cc1ccc2cc(Nc3nc(Cl)nc(Nc4cc(N=Nc5c(O)c(C(=O)O)cc6cc(C(=O)O)ccc56)cc(S(=O)(=O)O)c4)n3)c(C)cc2c1. The zero-order valence-corrected chi connectivity index (χ0v) is 27.4. The van der Waals surface area contributed by atoms with Gasteiger partial charge in [-0.15, -0.1) is 5.11 Å². The van der Waals surface area contributed by atoms with Gasteiger partial charge in [0.2, 0.25) is 17.2 Å². The Hall–Kier alpha value is -6.23. The fraction of sp³-hybridized carbons (Fsp3) is 0.0606. The van der Waals surface area contributed by atoms with Crippen molar-refractivity contribution in [2.24, 2.45) is 10.2 Å². The van der Waals surface area contributed by atoms with E-state index in [1.165, 1.54) is 24.3 Å². The molecule has 0 atom stereocenters. The maximum atomic E-state index is 12.2. The highest BCUT2D eigenvalue weighted by Crippen LogP contribution is 2.40. The Labute approximate surface area is 287 Å². The Kier molecular flexibility index (Phi) is 8.75. The summed E-state index contributed by atoms with van der Waals surface area (Å²) in [6.07, 6.45) is 0. The molecule has 50 heavy (non-hydrogen) atoms. The Morgan fingerprint density at radius 2 is 1.52 bits per heavy atom. The van der Waals surface area contributed by atoms with Gasteiger partial charge < -0.3 is 26.0 Å². The van der Waals surface area contributed by atoms with E-state index in [4.69, 9.17) is 11.6 Å². The van der Waals surface area contributed by atoms with Crippen molar-refractivity contribution < 1.29 is 37.9 Å². The molecule has 0 saturated heterocycles. The summed E-state index contributed by atoms with van der Waals surface area (Å²) < 4.78 is 34.2. The number of rotatable bonds is 9. The number of nitrogens with zero attached hydrogens (tertiary/aromatic N) is 5. The van der Waals surface area contributed by atoms with E-state index in [-0.39, 0.29) is 50.6 Å². The van der Waals surface area contributed by atoms with E-state index in [1.807, 2.05) is 38.1 Å². The molecule has 6 N–H and O–H groups in total. The predicted molar refractivity (Wildman–Crippen MR) is 185 cm³/mol. The summed E-state index contributed by atoms with van der Waals surface area (Å²) in [7, 11) is -4.80. The number of carbonyl (C=O) groups is 2. The highest BCUT2D eigenvalue weighted by molar-refractivity contribution is 7.85. The molecule has 15 nitrogen and oxygen atoms in total. The summed E-state index contributed by atoms with van der Waals surface area (Å²) in [6.45, 7) is 3.92. The summed E-state index contributed by atoms with van der Waals surface area (Å²) in [6, 6.07) is 18.2. The number of nitrogens with one attached hydrogen (secondary N) is 2. The van der Waals surface area contributed by atoms with E-state index < -0.39 is 38.3 Å². The first-order valence-corrected chi connectivity index (χ1v) is 16.2. The van der Waals surface area contributed by atoms with Gasteiger partial charge in [-0.25, -0.2) is 9.59 Å². The minimum absolute atomic E-state index is 0.0130. The molecular weight excluding hydrogens is 690 g/mol. The van der Waals surface area contributed by atoms with Crippen LogP contribution in [0.1, 0.15) is 31.8 Å². The first-order valence-electron chi connectivity index (χ1n) is 14.4. The van der Waals surface area contributed by atoms with E-state index in [0.717, 1.165) is 40.1 Å². The zero-order chi connectivity index (χ0) is 35.9. The third kappa shape index (κ3) is 7.12. The van der Waals surface area contributed by atoms with Crippen LogP contribution in [0.15, 0.2) is 87.9 Å². The van der Waals surface area contributed by atoms with Crippen molar-refractivity contribution in [1.29, 1.82) is 0 Å². The number of aryl methyl sites for hydroxylation is 2. The second-order valence-electron chi connectivity index (χ2n) is 11.1. The molecule has 252 valence electrons. The van der Waals surface area contributed by atoms with Crippen LogP contribution >= 0.6 is 11.6 Å². The second-order valence-corrected chi connectivity index (χ2v) is 12.8. The van der Waals surface area contributed by atoms with Gasteiger partial charge in [-0.1, -0.05) is 29.8 Å². The number of fused-ring (bicyclic) bond motifs is 2. The summed E-state index contributed by atoms with van der Waals surface area (Å²) in [4.78, 5) is 35.2. The van der Waals surface area contributed by atoms with Crippen LogP contribution in [0.25, 0.3) is 21.5 Å². The molecule has 1 heterocycles. The van der Waals surface area contributed by atoms with Crippen molar-refractivity contribution in [2.45, 2.75) is 18.7 Å². The molecule has 17 heteroatoms. The first kappa shape index (κ1) is 33.7. The molecule has 6 aromatic rings. The normalized spacial score (nSPS) is 11.7. The van der Waals surface area contributed by atoms with Gasteiger partial charge in [-0.05, 0) is 95.7 Å². The fourth-order valence-corrected chi connectivity index (χ4v) is 5.83. The molecule has 6 rings (SSSR count). The van der Waals surface area contributed by atoms with Gasteiger partial charge in [0.1, 0.15) is 11.3 Å². The van der Waals surface area contributed by atoms with Gasteiger partial charge in [0, 0.05) is 16.8 Å². The summed E-state index contributed by atoms with van der Waals surface area (Å²) in [5.41, 5.74) is 1.52. The third-order valence-electron chi connectivity index (χ3n) is 7.47. The smallest absolute Gasteiger partial charge is 0.339 e. The van der Waals surface area contributed by atoms with Crippen LogP contribution in [0.3, 0.4) is 0 Å². The molecule has 0 fully saturated rings. The van der Waals surface area contributed by atoms with Crippen LogP contribution in [0, 0.1) is 13.8 Å². The Morgan fingerprint density at radius 3 is 2.22 bits per heavy atom. The van der Waals surface area contributed by atoms with E-state index in [1.54, 1.807) is 0 Å². The summed E-state index contributed by atoms with van der Waals surface area (Å²) in [5.74, 6) is -3.58. The largest absolute Gasteiger partial charge is 0.505 e. The molecule has 0 aliphatic rings. The van der Waals surface area contributed by atoms with Crippen molar-refractivity contribution in [3.8, 4) is 5.75 Å². The van der Waals surface area contributed by atoms with Gasteiger partial charge in [0.15, 0.2) is 5.75 Å². The van der Waals surface area contributed by atoms with Crippen molar-refractivity contribution in [1.82, 2.24) is 15.0 Å². The Bertz CT molecular complexity index is 2550. The van der Waals surface area contributed by atoms with E-state index in [9.17, 15) is 37.9 Å². The standard InChI is InChI=1S/C33H24ClN7O8S/c1-15-3-4-17-11-26(16(2)8-19(17)7-15)36-33-38-31(34)37-32(39-33)35-21-12-22(14-23(13-21)50(47,48)49)40-41-27-24-6-5-18(29(43)44)9-20(24)10-25(28(27)42)30(45)46/h3-14,42H,1-2H3,(H,43,44)(H,45,46)(H,47,48,49)(H2,35,36,37,38,39). The monoisotopic (exact) mass is 713 g/mol. The number of aromatic hydroxyl groups is 1. The minimum atomic E-state index is -4.80. The fourth-order valence-electron chi connectivity index (χ4n) is 5.12. The maximum absolute atomic E-state index is 12.2. The lowest BCUT2D eigenvalue weighted by Gasteiger charge is -2.12. The van der Waals surface area contributed by atoms with Crippen LogP contribution in [0.4, 0.5) is 34.6 Å². The quantitative estimate of drug-likeness (QED) is 0.0623. The molecule has 5 aromatic carbocycles. The van der Waals surface area contributed by atoms with Crippen LogP contribution < -0.4 is 10.6 Å². The van der Waals surface area contributed by atoms with Crippen molar-refractivity contribution in [3.05, 3.63) is 100 Å². The summed E-state index contributed by atoms with van der Waals surface area (Å²) >= 11 is 6.20. The number of phenols is 1. The first-order chi connectivity index (χ1) is 23.6. The zero-order valence-electron chi connectivity index (χ0n) is 25.9. The van der Waals surface area contributed by atoms with E-state index in [2.05, 4.69) is 41.9 Å². The third-order valence-corrected chi connectivity index (χ3v) is 8.47. The average Bonchev–Trinajstić information content (AvgIpc) is 3.03. The van der Waals surface area contributed by atoms with Crippen molar-refractivity contribution in [2.75, 3.05) is 10.6 Å². The number of aromatic carboxylic acids is 2. The highest BCUT2D eigenvalue weighted by Gasteiger charge is 2.20. The number of carboxylic acids is 2. The van der Waals surface area contributed by atoms with E-state index >= 15 is 0 Å². The number of hydrogen-bond donors (Lipinski definition) is 6.